The van der Waals surface area contributed by atoms with Crippen molar-refractivity contribution in [1.29, 1.82) is 0 Å². The summed E-state index contributed by atoms with van der Waals surface area (Å²) in [5, 5.41) is 2.71. The fourth-order valence-corrected chi connectivity index (χ4v) is 4.55. The molecule has 1 aromatic carbocycles. The minimum absolute atomic E-state index is 0.00495. The molecule has 0 spiro atoms. The van der Waals surface area contributed by atoms with Crippen LogP contribution in [0.3, 0.4) is 0 Å². The van der Waals surface area contributed by atoms with Crippen LogP contribution in [0.15, 0.2) is 24.3 Å². The average Bonchev–Trinajstić information content (AvgIpc) is 3.26. The fraction of sp³-hybridized carbons (Fsp3) is 0.680. The number of carbonyl (C=O) groups excluding carboxylic acids is 2. The maximum absolute atomic E-state index is 12.0. The van der Waals surface area contributed by atoms with Gasteiger partial charge in [0.25, 0.3) is 0 Å². The number of ketones is 1. The second-order valence-electron chi connectivity index (χ2n) is 9.18. The highest BCUT2D eigenvalue weighted by Crippen LogP contribution is 2.21. The van der Waals surface area contributed by atoms with Crippen LogP contribution < -0.4 is 10.1 Å². The van der Waals surface area contributed by atoms with Crippen molar-refractivity contribution >= 4 is 24.3 Å². The third-order valence-corrected chi connectivity index (χ3v) is 6.80. The van der Waals surface area contributed by atoms with Crippen molar-refractivity contribution in [3.8, 4) is 5.75 Å². The predicted octanol–water partition coefficient (Wildman–Crippen LogP) is 2.53. The molecule has 1 aromatic rings. The molecule has 2 aliphatic rings. The molecule has 7 nitrogen and oxygen atoms in total. The average molecular weight is 478 g/mol. The lowest BCUT2D eigenvalue weighted by Crippen LogP contribution is -2.48. The van der Waals surface area contributed by atoms with Crippen LogP contribution >= 0.6 is 12.6 Å². The molecule has 0 aromatic heterocycles. The fourth-order valence-electron chi connectivity index (χ4n) is 4.42. The third-order valence-electron chi connectivity index (χ3n) is 6.51. The van der Waals surface area contributed by atoms with Crippen molar-refractivity contribution in [3.63, 3.8) is 0 Å². The number of nitrogens with zero attached hydrogens (tertiary/aromatic N) is 2. The van der Waals surface area contributed by atoms with E-state index in [2.05, 4.69) is 39.9 Å². The summed E-state index contributed by atoms with van der Waals surface area (Å²) in [7, 11) is 1.69. The van der Waals surface area contributed by atoms with Crippen molar-refractivity contribution in [2.75, 3.05) is 46.4 Å². The van der Waals surface area contributed by atoms with E-state index in [1.165, 1.54) is 5.56 Å². The highest BCUT2D eigenvalue weighted by atomic mass is 32.1. The van der Waals surface area contributed by atoms with Gasteiger partial charge in [0, 0.05) is 58.7 Å². The monoisotopic (exact) mass is 477 g/mol. The van der Waals surface area contributed by atoms with Gasteiger partial charge in [-0.25, -0.2) is 0 Å². The number of methoxy groups -OCH3 is 1. The zero-order valence-electron chi connectivity index (χ0n) is 20.0. The van der Waals surface area contributed by atoms with Crippen LogP contribution in [0.1, 0.15) is 44.6 Å². The Morgan fingerprint density at radius 3 is 2.42 bits per heavy atom. The van der Waals surface area contributed by atoms with Gasteiger partial charge in [0.2, 0.25) is 5.91 Å². The molecule has 3 atom stereocenters. The number of thiol groups is 1. The van der Waals surface area contributed by atoms with Crippen LogP contribution in [0.25, 0.3) is 0 Å². The normalized spacial score (nSPS) is 22.8. The predicted molar refractivity (Wildman–Crippen MR) is 133 cm³/mol. The summed E-state index contributed by atoms with van der Waals surface area (Å²) in [6.45, 7) is 8.50. The standard InChI is InChI=1S/C25H39N3O4S/c1-19(33)24(29)4-3-5-25(30)26-16-22-10-11-23(32-22)18-28-14-12-27(13-15-28)17-20-6-8-21(31-2)9-7-20/h6-9,19,22-23,33H,3-5,10-18H2,1-2H3,(H,26,30). The lowest BCUT2D eigenvalue weighted by atomic mass is 10.1. The molecule has 3 rings (SSSR count). The number of nitrogens with one attached hydrogen (secondary N) is 1. The van der Waals surface area contributed by atoms with E-state index in [0.29, 0.717) is 25.8 Å². The van der Waals surface area contributed by atoms with Gasteiger partial charge in [0.05, 0.1) is 24.6 Å². The molecule has 8 heteroatoms. The zero-order valence-corrected chi connectivity index (χ0v) is 20.9. The summed E-state index contributed by atoms with van der Waals surface area (Å²) < 4.78 is 11.4. The molecule has 1 amide bonds. The highest BCUT2D eigenvalue weighted by Gasteiger charge is 2.28. The van der Waals surface area contributed by atoms with Crippen molar-refractivity contribution in [1.82, 2.24) is 15.1 Å². The minimum Gasteiger partial charge on any atom is -0.497 e. The molecule has 0 radical (unpaired) electrons. The van der Waals surface area contributed by atoms with Crippen molar-refractivity contribution in [2.45, 2.75) is 63.0 Å². The van der Waals surface area contributed by atoms with E-state index >= 15 is 0 Å². The lowest BCUT2D eigenvalue weighted by molar-refractivity contribution is -0.122. The number of piperazine rings is 1. The summed E-state index contributed by atoms with van der Waals surface area (Å²) in [6, 6.07) is 8.32. The number of Topliss-reactive ketones (excluding diaryl/α,β-unsaturated/α-hetero) is 1. The van der Waals surface area contributed by atoms with Gasteiger partial charge in [-0.05, 0) is 43.9 Å². The minimum atomic E-state index is -0.256. The molecule has 33 heavy (non-hydrogen) atoms. The van der Waals surface area contributed by atoms with Crippen molar-refractivity contribution in [3.05, 3.63) is 29.8 Å². The SMILES string of the molecule is COc1ccc(CN2CCN(CC3CCC(CNC(=O)CCCC(=O)C(C)S)O3)CC2)cc1. The topological polar surface area (TPSA) is 71.1 Å². The number of carbonyl (C=O) groups is 2. The summed E-state index contributed by atoms with van der Waals surface area (Å²) in [4.78, 5) is 28.6. The van der Waals surface area contributed by atoms with Crippen molar-refractivity contribution in [2.24, 2.45) is 0 Å². The van der Waals surface area contributed by atoms with Crippen LogP contribution in [0.2, 0.25) is 0 Å². The van der Waals surface area contributed by atoms with E-state index in [1.807, 2.05) is 12.1 Å². The molecule has 2 fully saturated rings. The first-order valence-electron chi connectivity index (χ1n) is 12.1. The molecule has 2 aliphatic heterocycles. The molecule has 0 saturated carbocycles. The van der Waals surface area contributed by atoms with Gasteiger partial charge in [0.1, 0.15) is 11.5 Å². The summed E-state index contributed by atoms with van der Waals surface area (Å²) >= 11 is 4.13. The largest absolute Gasteiger partial charge is 0.497 e. The number of amides is 1. The maximum Gasteiger partial charge on any atom is 0.220 e. The first kappa shape index (κ1) is 26.0. The summed E-state index contributed by atoms with van der Waals surface area (Å²) in [6.07, 6.45) is 3.73. The Kier molecular flexibility index (Phi) is 10.5. The number of rotatable bonds is 12. The van der Waals surface area contributed by atoms with E-state index in [0.717, 1.165) is 57.9 Å². The van der Waals surface area contributed by atoms with Gasteiger partial charge in [0.15, 0.2) is 0 Å². The van der Waals surface area contributed by atoms with E-state index in [9.17, 15) is 9.59 Å². The van der Waals surface area contributed by atoms with Crippen LogP contribution in [-0.4, -0.2) is 85.3 Å². The quantitative estimate of drug-likeness (QED) is 0.451. The maximum atomic E-state index is 12.0. The lowest BCUT2D eigenvalue weighted by Gasteiger charge is -2.35. The number of ether oxygens (including phenoxy) is 2. The second kappa shape index (κ2) is 13.3. The Hall–Kier alpha value is -1.61. The van der Waals surface area contributed by atoms with Crippen molar-refractivity contribution < 1.29 is 19.1 Å². The molecule has 3 unspecified atom stereocenters. The molecular formula is C25H39N3O4S. The highest BCUT2D eigenvalue weighted by molar-refractivity contribution is 7.81. The Bertz CT molecular complexity index is 751. The Balaban J connectivity index is 1.27. The van der Waals surface area contributed by atoms with Crippen LogP contribution in [-0.2, 0) is 20.9 Å². The number of benzene rings is 1. The van der Waals surface area contributed by atoms with Crippen LogP contribution in [0.4, 0.5) is 0 Å². The van der Waals surface area contributed by atoms with Gasteiger partial charge in [-0.15, -0.1) is 0 Å². The third kappa shape index (κ3) is 8.92. The van der Waals surface area contributed by atoms with Gasteiger partial charge < -0.3 is 14.8 Å². The smallest absolute Gasteiger partial charge is 0.220 e. The van der Waals surface area contributed by atoms with Crippen LogP contribution in [0.5, 0.6) is 5.75 Å². The molecule has 184 valence electrons. The molecule has 0 bridgehead atoms. The van der Waals surface area contributed by atoms with E-state index in [-0.39, 0.29) is 29.1 Å². The molecule has 2 saturated heterocycles. The van der Waals surface area contributed by atoms with E-state index < -0.39 is 0 Å². The first-order chi connectivity index (χ1) is 15.9. The number of hydrogen-bond acceptors (Lipinski definition) is 7. The van der Waals surface area contributed by atoms with E-state index in [4.69, 9.17) is 9.47 Å². The number of hydrogen-bond donors (Lipinski definition) is 2. The Morgan fingerprint density at radius 1 is 1.09 bits per heavy atom. The Labute approximate surface area is 203 Å². The van der Waals surface area contributed by atoms with Gasteiger partial charge in [-0.1, -0.05) is 12.1 Å². The molecule has 2 heterocycles. The first-order valence-corrected chi connectivity index (χ1v) is 12.6. The van der Waals surface area contributed by atoms with Gasteiger partial charge >= 0.3 is 0 Å². The molecule has 0 aliphatic carbocycles. The second-order valence-corrected chi connectivity index (χ2v) is 9.96. The summed E-state index contributed by atoms with van der Waals surface area (Å²) in [5.74, 6) is 0.984. The zero-order chi connectivity index (χ0) is 23.6. The van der Waals surface area contributed by atoms with Crippen LogP contribution in [0, 0.1) is 0 Å². The van der Waals surface area contributed by atoms with Gasteiger partial charge in [-0.3, -0.25) is 19.4 Å². The molecule has 1 N–H and O–H groups in total. The van der Waals surface area contributed by atoms with Gasteiger partial charge in [-0.2, -0.15) is 12.6 Å². The molecular weight excluding hydrogens is 438 g/mol. The Morgan fingerprint density at radius 2 is 1.76 bits per heavy atom. The van der Waals surface area contributed by atoms with E-state index in [1.54, 1.807) is 14.0 Å². The summed E-state index contributed by atoms with van der Waals surface area (Å²) in [5.41, 5.74) is 1.32.